The molecule has 0 atom stereocenters. The van der Waals surface area contributed by atoms with Gasteiger partial charge in [0.05, 0.1) is 0 Å². The molecule has 1 heterocycles. The third-order valence-electron chi connectivity index (χ3n) is 4.14. The second-order valence-corrected chi connectivity index (χ2v) is 8.26. The number of carbonyl (C=O) groups is 1. The summed E-state index contributed by atoms with van der Waals surface area (Å²) in [7, 11) is 1.92. The van der Waals surface area contributed by atoms with Crippen LogP contribution in [0.15, 0.2) is 83.7 Å². The number of aryl methyl sites for hydroxylation is 2. The van der Waals surface area contributed by atoms with E-state index in [1.165, 1.54) is 17.4 Å². The number of nitrogens with one attached hydrogen (secondary N) is 1. The molecule has 2 aromatic rings. The highest BCUT2D eigenvalue weighted by molar-refractivity contribution is 7.09. The van der Waals surface area contributed by atoms with Crippen molar-refractivity contribution < 1.29 is 9.53 Å². The van der Waals surface area contributed by atoms with Crippen LogP contribution >= 0.6 is 11.3 Å². The highest BCUT2D eigenvalue weighted by Crippen LogP contribution is 2.11. The number of thiophene rings is 1. The molecule has 0 spiro atoms. The fourth-order valence-corrected chi connectivity index (χ4v) is 2.92. The number of hydrogen-bond acceptors (Lipinski definition) is 5. The fourth-order valence-electron chi connectivity index (χ4n) is 2.39. The summed E-state index contributed by atoms with van der Waals surface area (Å²) in [6, 6.07) is 14.4. The Morgan fingerprint density at radius 1 is 1.16 bits per heavy atom. The molecule has 0 unspecified atom stereocenters. The molecule has 4 nitrogen and oxygen atoms in total. The van der Waals surface area contributed by atoms with Gasteiger partial charge in [0.2, 0.25) is 5.76 Å². The van der Waals surface area contributed by atoms with Gasteiger partial charge in [0.25, 0.3) is 0 Å². The van der Waals surface area contributed by atoms with Crippen LogP contribution in [0.2, 0.25) is 0 Å². The first-order chi connectivity index (χ1) is 15.3. The Morgan fingerprint density at radius 2 is 1.81 bits per heavy atom. The molecule has 0 saturated heterocycles. The summed E-state index contributed by atoms with van der Waals surface area (Å²) in [5.41, 5.74) is 2.15. The van der Waals surface area contributed by atoms with Gasteiger partial charge in [-0.25, -0.2) is 0 Å². The van der Waals surface area contributed by atoms with E-state index in [9.17, 15) is 4.79 Å². The van der Waals surface area contributed by atoms with E-state index in [-0.39, 0.29) is 5.78 Å². The molecule has 0 fully saturated rings. The summed E-state index contributed by atoms with van der Waals surface area (Å²) in [5.74, 6) is 0.993. The van der Waals surface area contributed by atoms with Crippen molar-refractivity contribution in [3.63, 3.8) is 0 Å². The van der Waals surface area contributed by atoms with Crippen LogP contribution in [0.1, 0.15) is 38.1 Å². The molecule has 0 radical (unpaired) electrons. The van der Waals surface area contributed by atoms with Gasteiger partial charge in [-0.3, -0.25) is 4.79 Å². The van der Waals surface area contributed by atoms with Gasteiger partial charge in [-0.05, 0) is 51.6 Å². The normalized spacial score (nSPS) is 10.7. The zero-order chi connectivity index (χ0) is 24.4. The molecule has 2 rings (SSSR count). The van der Waals surface area contributed by atoms with Crippen LogP contribution in [-0.4, -0.2) is 37.4 Å². The minimum absolute atomic E-state index is 0.0930. The lowest BCUT2D eigenvalue weighted by Gasteiger charge is -2.24. The van der Waals surface area contributed by atoms with Crippen molar-refractivity contribution >= 4 is 17.1 Å². The number of ketones is 1. The Balaban J connectivity index is 0.000000588. The number of hydrogen-bond donors (Lipinski definition) is 1. The predicted molar refractivity (Wildman–Crippen MR) is 140 cm³/mol. The van der Waals surface area contributed by atoms with Crippen molar-refractivity contribution in [1.82, 2.24) is 10.2 Å². The van der Waals surface area contributed by atoms with E-state index < -0.39 is 0 Å². The molecular formula is C27H40N2O2S. The maximum atomic E-state index is 11.8. The average molecular weight is 457 g/mol. The predicted octanol–water partition coefficient (Wildman–Crippen LogP) is 6.51. The minimum atomic E-state index is -0.0930. The lowest BCUT2D eigenvalue weighted by atomic mass is 10.2. The van der Waals surface area contributed by atoms with E-state index in [0.29, 0.717) is 12.4 Å². The first-order valence-electron chi connectivity index (χ1n) is 10.9. The topological polar surface area (TPSA) is 41.6 Å². The van der Waals surface area contributed by atoms with E-state index >= 15 is 0 Å². The van der Waals surface area contributed by atoms with Gasteiger partial charge in [0, 0.05) is 31.9 Å². The lowest BCUT2D eigenvalue weighted by molar-refractivity contribution is -0.117. The van der Waals surface area contributed by atoms with Crippen LogP contribution in [0, 0.1) is 13.8 Å². The molecule has 1 aromatic heterocycles. The summed E-state index contributed by atoms with van der Waals surface area (Å²) in [4.78, 5) is 15.1. The molecule has 0 aliphatic heterocycles. The van der Waals surface area contributed by atoms with Gasteiger partial charge in [0.1, 0.15) is 12.4 Å². The van der Waals surface area contributed by atoms with Crippen molar-refractivity contribution in [1.29, 1.82) is 0 Å². The lowest BCUT2D eigenvalue weighted by Crippen LogP contribution is -2.32. The molecule has 0 aliphatic carbocycles. The summed E-state index contributed by atoms with van der Waals surface area (Å²) in [6.07, 6.45) is 3.76. The first-order valence-corrected chi connectivity index (χ1v) is 11.8. The number of allylic oxidation sites excluding steroid dienone is 2. The number of nitrogens with zero attached hydrogens (tertiary/aromatic N) is 1. The Morgan fingerprint density at radius 3 is 2.16 bits per heavy atom. The smallest absolute Gasteiger partial charge is 0.202 e. The van der Waals surface area contributed by atoms with E-state index in [0.717, 1.165) is 24.5 Å². The molecule has 5 heteroatoms. The van der Waals surface area contributed by atoms with Crippen LogP contribution in [-0.2, 0) is 9.53 Å². The summed E-state index contributed by atoms with van der Waals surface area (Å²) < 4.78 is 5.63. The standard InChI is InChI=1S/C15H26N2O2.C7H8.C5H6S/c1-7-10-12(4)11-19-14(13(5)18)15(16-8-2)17(6)9-3;1-7-5-3-2-4-6-7;1-5-3-2-4-6-5/h7,10,16H,4,8-9,11H2,1-3,5-6H3;2-6H,1H3;2-4H,1H3/b10-7-,15-14+;;. The molecule has 0 bridgehead atoms. The zero-order valence-corrected chi connectivity index (χ0v) is 21.6. The number of carbonyl (C=O) groups excluding carboxylic acids is 1. The van der Waals surface area contributed by atoms with E-state index in [1.54, 1.807) is 11.3 Å². The Kier molecular flexibility index (Phi) is 16.3. The van der Waals surface area contributed by atoms with Gasteiger partial charge < -0.3 is 15.0 Å². The van der Waals surface area contributed by atoms with Crippen molar-refractivity contribution in [3.8, 4) is 0 Å². The van der Waals surface area contributed by atoms with Crippen molar-refractivity contribution in [3.05, 3.63) is 94.2 Å². The van der Waals surface area contributed by atoms with E-state index in [1.807, 2.05) is 63.1 Å². The molecule has 0 amide bonds. The minimum Gasteiger partial charge on any atom is -0.482 e. The highest BCUT2D eigenvalue weighted by atomic mass is 32.1. The number of rotatable bonds is 9. The summed E-state index contributed by atoms with van der Waals surface area (Å²) in [5, 5.41) is 5.26. The SMILES string of the molecule is C=C(/C=C\C)CO/C(C(C)=O)=C(\NCC)N(C)CC.Cc1ccccc1.Cc1cccs1. The molecule has 0 aliphatic rings. The van der Waals surface area contributed by atoms with Crippen molar-refractivity contribution in [2.45, 2.75) is 41.5 Å². The highest BCUT2D eigenvalue weighted by Gasteiger charge is 2.16. The van der Waals surface area contributed by atoms with Crippen LogP contribution in [0.25, 0.3) is 0 Å². The van der Waals surface area contributed by atoms with Gasteiger partial charge in [-0.2, -0.15) is 0 Å². The Hall–Kier alpha value is -2.79. The Labute approximate surface area is 199 Å². The van der Waals surface area contributed by atoms with Gasteiger partial charge in [-0.1, -0.05) is 60.7 Å². The number of benzene rings is 1. The Bertz CT molecular complexity index is 825. The molecule has 1 aromatic carbocycles. The second-order valence-electron chi connectivity index (χ2n) is 7.10. The molecule has 176 valence electrons. The summed E-state index contributed by atoms with van der Waals surface area (Å²) >= 11 is 1.78. The second kappa shape index (κ2) is 17.8. The van der Waals surface area contributed by atoms with E-state index in [2.05, 4.69) is 55.4 Å². The number of ether oxygens (including phenoxy) is 1. The molecule has 32 heavy (non-hydrogen) atoms. The molecular weight excluding hydrogens is 416 g/mol. The van der Waals surface area contributed by atoms with Gasteiger partial charge in [-0.15, -0.1) is 11.3 Å². The maximum Gasteiger partial charge on any atom is 0.202 e. The van der Waals surface area contributed by atoms with Gasteiger partial charge in [0.15, 0.2) is 5.78 Å². The quantitative estimate of drug-likeness (QED) is 0.265. The van der Waals surface area contributed by atoms with Crippen molar-refractivity contribution in [2.24, 2.45) is 0 Å². The maximum absolute atomic E-state index is 11.8. The third kappa shape index (κ3) is 13.5. The van der Waals surface area contributed by atoms with Gasteiger partial charge >= 0.3 is 0 Å². The third-order valence-corrected chi connectivity index (χ3v) is 4.94. The summed E-state index contributed by atoms with van der Waals surface area (Å²) in [6.45, 7) is 17.3. The largest absolute Gasteiger partial charge is 0.482 e. The first kappa shape index (κ1) is 29.2. The monoisotopic (exact) mass is 456 g/mol. The fraction of sp³-hybridized carbons (Fsp3) is 0.370. The molecule has 0 saturated carbocycles. The van der Waals surface area contributed by atoms with Crippen LogP contribution in [0.4, 0.5) is 0 Å². The van der Waals surface area contributed by atoms with E-state index in [4.69, 9.17) is 4.74 Å². The van der Waals surface area contributed by atoms with Crippen LogP contribution in [0.3, 0.4) is 0 Å². The number of Topliss-reactive ketones (excluding diaryl/α,β-unsaturated/α-hetero) is 1. The zero-order valence-electron chi connectivity index (χ0n) is 20.8. The molecule has 1 N–H and O–H groups in total. The van der Waals surface area contributed by atoms with Crippen molar-refractivity contribution in [2.75, 3.05) is 26.7 Å². The van der Waals surface area contributed by atoms with Crippen LogP contribution in [0.5, 0.6) is 0 Å². The average Bonchev–Trinajstić information content (AvgIpc) is 3.25. The van der Waals surface area contributed by atoms with Crippen LogP contribution < -0.4 is 5.32 Å².